The van der Waals surface area contributed by atoms with Crippen molar-refractivity contribution in [2.24, 2.45) is 0 Å². The maximum Gasteiger partial charge on any atom is 0.378 e. The Bertz CT molecular complexity index is 297. The molecule has 1 aromatic carbocycles. The van der Waals surface area contributed by atoms with Crippen LogP contribution in [0.2, 0.25) is 0 Å². The van der Waals surface area contributed by atoms with Crippen LogP contribution in [0.4, 0.5) is 4.79 Å². The molecule has 0 saturated heterocycles. The molecule has 14 heavy (non-hydrogen) atoms. The lowest BCUT2D eigenvalue weighted by Crippen LogP contribution is -1.85. The molecule has 1 aromatic rings. The molecule has 0 heterocycles. The molecule has 0 fully saturated rings. The first kappa shape index (κ1) is 11.8. The number of ether oxygens (including phenoxy) is 1. The summed E-state index contributed by atoms with van der Waals surface area (Å²) in [4.78, 5) is 11.9. The van der Waals surface area contributed by atoms with E-state index in [4.69, 9.17) is 0 Å². The van der Waals surface area contributed by atoms with Gasteiger partial charge in [-0.2, -0.15) is 0 Å². The van der Waals surface area contributed by atoms with Crippen molar-refractivity contribution in [2.45, 2.75) is 11.8 Å². The minimum atomic E-state index is -0.269. The molecule has 0 bridgehead atoms. The highest BCUT2D eigenvalue weighted by atomic mass is 33.5. The van der Waals surface area contributed by atoms with Gasteiger partial charge in [0.05, 0.1) is 7.11 Å². The van der Waals surface area contributed by atoms with Crippen LogP contribution in [0.15, 0.2) is 29.2 Å². The first-order chi connectivity index (χ1) is 6.72. The number of hydrogen-bond donors (Lipinski definition) is 0. The van der Waals surface area contributed by atoms with Gasteiger partial charge in [0.2, 0.25) is 0 Å². The quantitative estimate of drug-likeness (QED) is 0.589. The molecule has 0 aliphatic heterocycles. The van der Waals surface area contributed by atoms with E-state index in [0.29, 0.717) is 0 Å². The summed E-state index contributed by atoms with van der Waals surface area (Å²) in [5.74, 6) is 0. The third kappa shape index (κ3) is 4.30. The molecule has 1 rings (SSSR count). The molecule has 76 valence electrons. The Hall–Kier alpha value is -0.260. The van der Waals surface area contributed by atoms with Crippen molar-refractivity contribution in [3.8, 4) is 0 Å². The van der Waals surface area contributed by atoms with Gasteiger partial charge in [-0.1, -0.05) is 17.7 Å². The summed E-state index contributed by atoms with van der Waals surface area (Å²) in [6, 6.07) is 8.16. The van der Waals surface area contributed by atoms with E-state index in [-0.39, 0.29) is 5.30 Å². The van der Waals surface area contributed by atoms with E-state index >= 15 is 0 Å². The highest BCUT2D eigenvalue weighted by Crippen LogP contribution is 2.40. The van der Waals surface area contributed by atoms with Crippen molar-refractivity contribution in [3.05, 3.63) is 29.8 Å². The summed E-state index contributed by atoms with van der Waals surface area (Å²) in [6.07, 6.45) is 0. The molecule has 5 heteroatoms. The lowest BCUT2D eigenvalue weighted by atomic mass is 10.2. The second kappa shape index (κ2) is 6.27. The van der Waals surface area contributed by atoms with Gasteiger partial charge in [0.15, 0.2) is 0 Å². The van der Waals surface area contributed by atoms with E-state index in [9.17, 15) is 4.79 Å². The minimum absolute atomic E-state index is 0.269. The van der Waals surface area contributed by atoms with Crippen LogP contribution in [-0.2, 0) is 4.74 Å². The molecule has 0 amide bonds. The van der Waals surface area contributed by atoms with Gasteiger partial charge < -0.3 is 4.74 Å². The molecule has 0 aromatic heterocycles. The van der Waals surface area contributed by atoms with Crippen LogP contribution in [0, 0.1) is 6.92 Å². The largest absolute Gasteiger partial charge is 0.460 e. The zero-order valence-electron chi connectivity index (χ0n) is 7.85. The third-order valence-corrected chi connectivity index (χ3v) is 4.94. The molecule has 0 saturated carbocycles. The zero-order valence-corrected chi connectivity index (χ0v) is 10.3. The smallest absolute Gasteiger partial charge is 0.378 e. The lowest BCUT2D eigenvalue weighted by Gasteiger charge is -1.99. The number of aryl methyl sites for hydroxylation is 1. The summed E-state index contributed by atoms with van der Waals surface area (Å²) in [6.45, 7) is 2.05. The maximum absolute atomic E-state index is 10.8. The fraction of sp³-hybridized carbons (Fsp3) is 0.222. The molecule has 0 spiro atoms. The van der Waals surface area contributed by atoms with Gasteiger partial charge in [0.25, 0.3) is 0 Å². The molecule has 2 nitrogen and oxygen atoms in total. The van der Waals surface area contributed by atoms with E-state index in [1.807, 2.05) is 31.2 Å². The van der Waals surface area contributed by atoms with Crippen LogP contribution >= 0.6 is 31.4 Å². The van der Waals surface area contributed by atoms with Gasteiger partial charge in [0.1, 0.15) is 0 Å². The number of hydrogen-bond acceptors (Lipinski definition) is 5. The van der Waals surface area contributed by atoms with Crippen molar-refractivity contribution in [1.29, 1.82) is 0 Å². The zero-order chi connectivity index (χ0) is 10.4. The van der Waals surface area contributed by atoms with Gasteiger partial charge >= 0.3 is 5.30 Å². The highest BCUT2D eigenvalue weighted by molar-refractivity contribution is 9.12. The molecule has 0 atom stereocenters. The number of carbonyl (C=O) groups is 1. The lowest BCUT2D eigenvalue weighted by molar-refractivity contribution is 0.200. The average Bonchev–Trinajstić information content (AvgIpc) is 2.21. The highest BCUT2D eigenvalue weighted by Gasteiger charge is 2.02. The van der Waals surface area contributed by atoms with Gasteiger partial charge in [-0.3, -0.25) is 0 Å². The van der Waals surface area contributed by atoms with E-state index in [1.165, 1.54) is 22.5 Å². The molecule has 0 radical (unpaired) electrons. The van der Waals surface area contributed by atoms with E-state index in [1.54, 1.807) is 10.8 Å². The summed E-state index contributed by atoms with van der Waals surface area (Å²) in [7, 11) is 5.43. The molecular weight excluding hydrogens is 236 g/mol. The molecular formula is C9H10O2S3. The Morgan fingerprint density at radius 2 is 1.93 bits per heavy atom. The molecule has 0 unspecified atom stereocenters. The topological polar surface area (TPSA) is 26.3 Å². The third-order valence-electron chi connectivity index (χ3n) is 1.42. The van der Waals surface area contributed by atoms with Crippen molar-refractivity contribution in [2.75, 3.05) is 7.11 Å². The summed E-state index contributed by atoms with van der Waals surface area (Å²) in [5, 5.41) is -0.269. The Morgan fingerprint density at radius 1 is 1.29 bits per heavy atom. The Morgan fingerprint density at radius 3 is 2.50 bits per heavy atom. The molecule has 0 aliphatic rings. The number of methoxy groups -OCH3 is 1. The monoisotopic (exact) mass is 246 g/mol. The number of benzene rings is 1. The number of carbonyl (C=O) groups excluding carboxylic acids is 1. The minimum Gasteiger partial charge on any atom is -0.460 e. The fourth-order valence-corrected chi connectivity index (χ4v) is 3.75. The van der Waals surface area contributed by atoms with Gasteiger partial charge in [-0.05, 0) is 39.7 Å². The summed E-state index contributed by atoms with van der Waals surface area (Å²) < 4.78 is 4.50. The van der Waals surface area contributed by atoms with Gasteiger partial charge in [0, 0.05) is 15.7 Å². The Balaban J connectivity index is 2.31. The van der Waals surface area contributed by atoms with Crippen molar-refractivity contribution in [3.63, 3.8) is 0 Å². The van der Waals surface area contributed by atoms with Crippen molar-refractivity contribution < 1.29 is 9.53 Å². The normalized spacial score (nSPS) is 9.86. The Kier molecular flexibility index (Phi) is 5.29. The van der Waals surface area contributed by atoms with Crippen LogP contribution in [0.1, 0.15) is 5.56 Å². The molecule has 0 aliphatic carbocycles. The predicted octanol–water partition coefficient (Wildman–Crippen LogP) is 4.15. The standard InChI is InChI=1S/C9H10O2S3/c1-7-3-5-8(6-4-7)12-14-13-9(10)11-2/h3-6H,1-2H3. The number of rotatable bonds is 3. The first-order valence-electron chi connectivity index (χ1n) is 3.88. The van der Waals surface area contributed by atoms with Gasteiger partial charge in [-0.25, -0.2) is 4.79 Å². The second-order valence-electron chi connectivity index (χ2n) is 2.50. The second-order valence-corrected chi connectivity index (χ2v) is 6.41. The van der Waals surface area contributed by atoms with Crippen molar-refractivity contribution in [1.82, 2.24) is 0 Å². The van der Waals surface area contributed by atoms with E-state index in [0.717, 1.165) is 15.7 Å². The summed E-state index contributed by atoms with van der Waals surface area (Å²) in [5.41, 5.74) is 1.24. The van der Waals surface area contributed by atoms with Crippen molar-refractivity contribution >= 4 is 36.7 Å². The van der Waals surface area contributed by atoms with E-state index in [2.05, 4.69) is 4.74 Å². The maximum atomic E-state index is 10.8. The SMILES string of the molecule is COC(=O)SSSc1ccc(C)cc1. The predicted molar refractivity (Wildman–Crippen MR) is 64.6 cm³/mol. The van der Waals surface area contributed by atoms with Crippen LogP contribution in [0.5, 0.6) is 0 Å². The summed E-state index contributed by atoms with van der Waals surface area (Å²) >= 11 is 0. The van der Waals surface area contributed by atoms with Gasteiger partial charge in [-0.15, -0.1) is 0 Å². The fourth-order valence-electron chi connectivity index (χ4n) is 0.712. The van der Waals surface area contributed by atoms with Crippen LogP contribution in [-0.4, -0.2) is 12.4 Å². The molecule has 0 N–H and O–H groups in total. The van der Waals surface area contributed by atoms with Crippen LogP contribution < -0.4 is 0 Å². The Labute approximate surface area is 95.0 Å². The first-order valence-corrected chi connectivity index (χ1v) is 7.36. The van der Waals surface area contributed by atoms with Crippen LogP contribution in [0.25, 0.3) is 0 Å². The van der Waals surface area contributed by atoms with Crippen LogP contribution in [0.3, 0.4) is 0 Å². The van der Waals surface area contributed by atoms with E-state index < -0.39 is 0 Å². The average molecular weight is 246 g/mol.